The van der Waals surface area contributed by atoms with Crippen LogP contribution in [0, 0.1) is 5.92 Å². The summed E-state index contributed by atoms with van der Waals surface area (Å²) in [6.45, 7) is 11.1. The monoisotopic (exact) mass is 364 g/mol. The van der Waals surface area contributed by atoms with Crippen molar-refractivity contribution in [3.05, 3.63) is 0 Å². The van der Waals surface area contributed by atoms with Crippen molar-refractivity contribution in [2.75, 3.05) is 33.0 Å². The molecule has 1 atom stereocenters. The maximum absolute atomic E-state index is 12.0. The molecule has 142 valence electrons. The summed E-state index contributed by atoms with van der Waals surface area (Å²) >= 11 is 0. The zero-order valence-electron chi connectivity index (χ0n) is 15.6. The Morgan fingerprint density at radius 1 is 0.792 bits per heavy atom. The van der Waals surface area contributed by atoms with Crippen molar-refractivity contribution in [1.29, 1.82) is 0 Å². The summed E-state index contributed by atoms with van der Waals surface area (Å²) < 4.78 is 27.3. The molecule has 24 heavy (non-hydrogen) atoms. The van der Waals surface area contributed by atoms with Crippen LogP contribution in [0.15, 0.2) is 0 Å². The van der Waals surface area contributed by atoms with E-state index in [4.69, 9.17) is 22.8 Å². The van der Waals surface area contributed by atoms with E-state index < -0.39 is 26.7 Å². The largest absolute Gasteiger partial charge is 0.501 e. The molecule has 0 fully saturated rings. The lowest BCUT2D eigenvalue weighted by Gasteiger charge is -2.28. The van der Waals surface area contributed by atoms with Gasteiger partial charge in [-0.15, -0.1) is 0 Å². The molecule has 0 N–H and O–H groups in total. The first-order valence-corrected chi connectivity index (χ1v) is 10.7. The van der Waals surface area contributed by atoms with Crippen LogP contribution in [-0.2, 0) is 32.3 Å². The average molecular weight is 365 g/mol. The predicted molar refractivity (Wildman–Crippen MR) is 91.4 cm³/mol. The normalized spacial score (nSPS) is 12.7. The highest BCUT2D eigenvalue weighted by Gasteiger charge is 2.39. The van der Waals surface area contributed by atoms with Gasteiger partial charge in [0.15, 0.2) is 5.92 Å². The smallest absolute Gasteiger partial charge is 0.465 e. The molecule has 8 heteroatoms. The van der Waals surface area contributed by atoms with Crippen molar-refractivity contribution in [2.24, 2.45) is 5.92 Å². The van der Waals surface area contributed by atoms with Gasteiger partial charge in [0.1, 0.15) is 0 Å². The number of ether oxygens (including phenoxy) is 2. The van der Waals surface area contributed by atoms with E-state index in [-0.39, 0.29) is 13.2 Å². The van der Waals surface area contributed by atoms with Gasteiger partial charge >= 0.3 is 20.7 Å². The number of rotatable bonds is 14. The molecule has 0 bridgehead atoms. The van der Waals surface area contributed by atoms with Gasteiger partial charge in [0.2, 0.25) is 0 Å². The lowest BCUT2D eigenvalue weighted by Crippen LogP contribution is -2.46. The van der Waals surface area contributed by atoms with Crippen LogP contribution < -0.4 is 0 Å². The van der Waals surface area contributed by atoms with Crippen molar-refractivity contribution in [2.45, 2.75) is 53.5 Å². The molecule has 0 heterocycles. The summed E-state index contributed by atoms with van der Waals surface area (Å²) in [6, 6.07) is 0.562. The Hall–Kier alpha value is -0.963. The minimum absolute atomic E-state index is 0.191. The first kappa shape index (κ1) is 23.0. The number of carbonyl (C=O) groups excluding carboxylic acids is 2. The maximum Gasteiger partial charge on any atom is 0.501 e. The van der Waals surface area contributed by atoms with E-state index in [1.165, 1.54) is 0 Å². The van der Waals surface area contributed by atoms with E-state index in [1.807, 2.05) is 20.8 Å². The van der Waals surface area contributed by atoms with Crippen molar-refractivity contribution in [1.82, 2.24) is 0 Å². The summed E-state index contributed by atoms with van der Waals surface area (Å²) in [7, 11) is -2.72. The molecule has 0 aromatic heterocycles. The van der Waals surface area contributed by atoms with Gasteiger partial charge in [-0.2, -0.15) is 0 Å². The average Bonchev–Trinajstić information content (AvgIpc) is 2.53. The SMILES string of the molecule is CCOC(=O)C(CC)C(=O)OCCC[Si](OCC)(OCC)OCC. The Kier molecular flexibility index (Phi) is 12.8. The standard InChI is InChI=1S/C16H32O7Si/c1-6-14(15(17)19-7-2)16(18)20-12-11-13-24(21-8-3,22-9-4)23-10-5/h14H,6-13H2,1-5H3. The summed E-state index contributed by atoms with van der Waals surface area (Å²) in [6.07, 6.45) is 0.907. The van der Waals surface area contributed by atoms with Gasteiger partial charge in [0, 0.05) is 25.9 Å². The lowest BCUT2D eigenvalue weighted by molar-refractivity contribution is -0.162. The van der Waals surface area contributed by atoms with E-state index in [0.29, 0.717) is 38.7 Å². The Bertz CT molecular complexity index is 345. The molecule has 0 saturated heterocycles. The van der Waals surface area contributed by atoms with Crippen molar-refractivity contribution in [3.63, 3.8) is 0 Å². The van der Waals surface area contributed by atoms with Crippen LogP contribution >= 0.6 is 0 Å². The van der Waals surface area contributed by atoms with Gasteiger partial charge in [0.25, 0.3) is 0 Å². The molecule has 1 unspecified atom stereocenters. The highest BCUT2D eigenvalue weighted by atomic mass is 28.4. The van der Waals surface area contributed by atoms with Crippen LogP contribution in [-0.4, -0.2) is 53.8 Å². The fourth-order valence-electron chi connectivity index (χ4n) is 2.24. The molecular formula is C16H32O7Si. The van der Waals surface area contributed by atoms with Crippen LogP contribution in [0.4, 0.5) is 0 Å². The van der Waals surface area contributed by atoms with E-state index in [2.05, 4.69) is 0 Å². The second-order valence-corrected chi connectivity index (χ2v) is 7.70. The topological polar surface area (TPSA) is 80.3 Å². The third-order valence-electron chi connectivity index (χ3n) is 3.23. The van der Waals surface area contributed by atoms with E-state index in [9.17, 15) is 9.59 Å². The van der Waals surface area contributed by atoms with Crippen LogP contribution in [0.3, 0.4) is 0 Å². The molecule has 0 radical (unpaired) electrons. The fourth-order valence-corrected chi connectivity index (χ4v) is 4.82. The molecule has 0 amide bonds. The minimum Gasteiger partial charge on any atom is -0.465 e. The zero-order chi connectivity index (χ0) is 18.4. The summed E-state index contributed by atoms with van der Waals surface area (Å²) in [5.41, 5.74) is 0. The van der Waals surface area contributed by atoms with Crippen LogP contribution in [0.25, 0.3) is 0 Å². The second kappa shape index (κ2) is 13.3. The predicted octanol–water partition coefficient (Wildman–Crippen LogP) is 2.56. The quantitative estimate of drug-likeness (QED) is 0.203. The molecule has 0 aliphatic rings. The molecule has 0 aliphatic heterocycles. The molecule has 0 spiro atoms. The number of carbonyl (C=O) groups is 2. The van der Waals surface area contributed by atoms with E-state index in [1.54, 1.807) is 13.8 Å². The van der Waals surface area contributed by atoms with Crippen LogP contribution in [0.5, 0.6) is 0 Å². The molecule has 0 aromatic carbocycles. The first-order valence-electron chi connectivity index (χ1n) is 8.75. The second-order valence-electron chi connectivity index (χ2n) is 4.97. The lowest BCUT2D eigenvalue weighted by atomic mass is 10.1. The van der Waals surface area contributed by atoms with Crippen molar-refractivity contribution in [3.8, 4) is 0 Å². The van der Waals surface area contributed by atoms with Crippen molar-refractivity contribution < 1.29 is 32.3 Å². The Balaban J connectivity index is 4.45. The van der Waals surface area contributed by atoms with E-state index >= 15 is 0 Å². The van der Waals surface area contributed by atoms with Gasteiger partial charge in [-0.1, -0.05) is 6.92 Å². The van der Waals surface area contributed by atoms with Crippen molar-refractivity contribution >= 4 is 20.7 Å². The van der Waals surface area contributed by atoms with Gasteiger partial charge < -0.3 is 22.8 Å². The minimum atomic E-state index is -2.72. The molecule has 0 rings (SSSR count). The van der Waals surface area contributed by atoms with Gasteiger partial charge in [-0.3, -0.25) is 9.59 Å². The van der Waals surface area contributed by atoms with Gasteiger partial charge in [-0.25, -0.2) is 0 Å². The van der Waals surface area contributed by atoms with E-state index in [0.717, 1.165) is 0 Å². The highest BCUT2D eigenvalue weighted by Crippen LogP contribution is 2.18. The first-order chi connectivity index (χ1) is 11.5. The summed E-state index contributed by atoms with van der Waals surface area (Å²) in [5.74, 6) is -1.95. The number of hydrogen-bond donors (Lipinski definition) is 0. The van der Waals surface area contributed by atoms with Gasteiger partial charge in [-0.05, 0) is 40.5 Å². The van der Waals surface area contributed by atoms with Gasteiger partial charge in [0.05, 0.1) is 13.2 Å². The van der Waals surface area contributed by atoms with Crippen LogP contribution in [0.1, 0.15) is 47.5 Å². The Labute approximate surface area is 146 Å². The third kappa shape index (κ3) is 8.23. The molecule has 7 nitrogen and oxygen atoms in total. The highest BCUT2D eigenvalue weighted by molar-refractivity contribution is 6.60. The Morgan fingerprint density at radius 2 is 1.29 bits per heavy atom. The number of esters is 2. The summed E-state index contributed by atoms with van der Waals surface area (Å²) in [5, 5.41) is 0. The molecule has 0 aliphatic carbocycles. The molecule has 0 saturated carbocycles. The zero-order valence-corrected chi connectivity index (χ0v) is 16.6. The number of hydrogen-bond acceptors (Lipinski definition) is 7. The summed E-state index contributed by atoms with van der Waals surface area (Å²) in [4.78, 5) is 23.7. The third-order valence-corrected chi connectivity index (χ3v) is 6.38. The fraction of sp³-hybridized carbons (Fsp3) is 0.875. The maximum atomic E-state index is 12.0. The molecular weight excluding hydrogens is 332 g/mol. The Morgan fingerprint density at radius 3 is 1.71 bits per heavy atom. The molecule has 0 aromatic rings. The van der Waals surface area contributed by atoms with Crippen LogP contribution in [0.2, 0.25) is 6.04 Å².